The van der Waals surface area contributed by atoms with E-state index in [1.807, 2.05) is 44.7 Å². The van der Waals surface area contributed by atoms with Crippen molar-refractivity contribution in [2.75, 3.05) is 10.6 Å². The van der Waals surface area contributed by atoms with E-state index in [9.17, 15) is 8.42 Å². The third-order valence-corrected chi connectivity index (χ3v) is 5.74. The molecule has 1 aromatic carbocycles. The molecule has 0 spiro atoms. The van der Waals surface area contributed by atoms with Gasteiger partial charge < -0.3 is 10.6 Å². The predicted molar refractivity (Wildman–Crippen MR) is 89.2 cm³/mol. The first-order valence-corrected chi connectivity index (χ1v) is 8.85. The maximum Gasteiger partial charge on any atom is 0.271 e. The van der Waals surface area contributed by atoms with Gasteiger partial charge >= 0.3 is 0 Å². The van der Waals surface area contributed by atoms with Gasteiger partial charge in [-0.1, -0.05) is 26.0 Å². The van der Waals surface area contributed by atoms with Crippen LogP contribution in [-0.4, -0.2) is 18.4 Å². The van der Waals surface area contributed by atoms with Crippen LogP contribution in [0.5, 0.6) is 0 Å². The summed E-state index contributed by atoms with van der Waals surface area (Å²) in [6.07, 6.45) is 1.66. The van der Waals surface area contributed by atoms with Crippen molar-refractivity contribution in [1.82, 2.24) is 3.97 Å². The molecular formula is C16H21N3O2S. The van der Waals surface area contributed by atoms with Gasteiger partial charge in [-0.15, -0.1) is 0 Å². The van der Waals surface area contributed by atoms with Crippen LogP contribution in [0.4, 0.5) is 17.2 Å². The molecule has 5 nitrogen and oxygen atoms in total. The fourth-order valence-electron chi connectivity index (χ4n) is 3.00. The van der Waals surface area contributed by atoms with Crippen molar-refractivity contribution < 1.29 is 8.42 Å². The third kappa shape index (κ3) is 1.86. The zero-order valence-electron chi connectivity index (χ0n) is 13.2. The van der Waals surface area contributed by atoms with Crippen molar-refractivity contribution >= 4 is 27.2 Å². The van der Waals surface area contributed by atoms with Gasteiger partial charge in [0.2, 0.25) is 0 Å². The Morgan fingerprint density at radius 2 is 1.73 bits per heavy atom. The standard InChI is InChI=1S/C16H21N3O2S/c1-10(2)12-9-18-16(15(12)17)19(11(3)4)13-7-5-6-8-14(13)22(18,20)21/h5-11H,17H2,1-4H3. The zero-order chi connectivity index (χ0) is 16.2. The molecule has 3 rings (SSSR count). The zero-order valence-corrected chi connectivity index (χ0v) is 14.1. The number of para-hydroxylation sites is 1. The van der Waals surface area contributed by atoms with Crippen LogP contribution in [0.3, 0.4) is 0 Å². The maximum atomic E-state index is 12.9. The van der Waals surface area contributed by atoms with Gasteiger partial charge in [-0.05, 0) is 37.5 Å². The van der Waals surface area contributed by atoms with Gasteiger partial charge in [-0.2, -0.15) is 0 Å². The van der Waals surface area contributed by atoms with E-state index < -0.39 is 10.0 Å². The first kappa shape index (κ1) is 15.0. The molecule has 6 heteroatoms. The van der Waals surface area contributed by atoms with Crippen LogP contribution in [0.1, 0.15) is 39.2 Å². The Labute approximate surface area is 131 Å². The quantitative estimate of drug-likeness (QED) is 0.922. The summed E-state index contributed by atoms with van der Waals surface area (Å²) in [4.78, 5) is 2.32. The molecule has 2 heterocycles. The molecule has 0 amide bonds. The van der Waals surface area contributed by atoms with E-state index in [1.54, 1.807) is 18.3 Å². The van der Waals surface area contributed by atoms with Gasteiger partial charge in [0.05, 0.1) is 11.4 Å². The van der Waals surface area contributed by atoms with Crippen molar-refractivity contribution in [2.24, 2.45) is 0 Å². The minimum absolute atomic E-state index is 0.0904. The van der Waals surface area contributed by atoms with Crippen molar-refractivity contribution in [2.45, 2.75) is 44.6 Å². The molecule has 0 aliphatic carbocycles. The molecule has 0 unspecified atom stereocenters. The van der Waals surface area contributed by atoms with E-state index >= 15 is 0 Å². The Morgan fingerprint density at radius 3 is 2.32 bits per heavy atom. The third-order valence-electron chi connectivity index (χ3n) is 4.05. The van der Waals surface area contributed by atoms with Gasteiger partial charge in [0.15, 0.2) is 5.82 Å². The highest BCUT2D eigenvalue weighted by atomic mass is 32.2. The number of nitrogens with two attached hydrogens (primary N) is 1. The molecule has 2 N–H and O–H groups in total. The highest BCUT2D eigenvalue weighted by molar-refractivity contribution is 7.90. The Bertz CT molecular complexity index is 835. The summed E-state index contributed by atoms with van der Waals surface area (Å²) in [6.45, 7) is 8.08. The fraction of sp³-hybridized carbons (Fsp3) is 0.375. The second kappa shape index (κ2) is 4.78. The van der Waals surface area contributed by atoms with Gasteiger partial charge in [-0.25, -0.2) is 12.4 Å². The van der Waals surface area contributed by atoms with E-state index in [0.717, 1.165) is 5.56 Å². The molecule has 2 aromatic rings. The molecule has 118 valence electrons. The van der Waals surface area contributed by atoms with Gasteiger partial charge in [-0.3, -0.25) is 0 Å². The first-order valence-electron chi connectivity index (χ1n) is 7.41. The summed E-state index contributed by atoms with van der Waals surface area (Å²) in [5, 5.41) is 0. The van der Waals surface area contributed by atoms with Crippen LogP contribution >= 0.6 is 0 Å². The number of hydrogen-bond donors (Lipinski definition) is 1. The second-order valence-electron chi connectivity index (χ2n) is 6.21. The summed E-state index contributed by atoms with van der Waals surface area (Å²) in [7, 11) is -3.61. The molecule has 22 heavy (non-hydrogen) atoms. The Kier molecular flexibility index (Phi) is 3.25. The Balaban J connectivity index is 2.41. The Hall–Kier alpha value is -1.95. The van der Waals surface area contributed by atoms with E-state index in [1.165, 1.54) is 3.97 Å². The van der Waals surface area contributed by atoms with Crippen molar-refractivity contribution in [3.8, 4) is 0 Å². The van der Waals surface area contributed by atoms with E-state index in [0.29, 0.717) is 22.1 Å². The van der Waals surface area contributed by atoms with Crippen LogP contribution in [0.2, 0.25) is 0 Å². The molecule has 0 radical (unpaired) electrons. The molecular weight excluding hydrogens is 298 g/mol. The molecule has 0 fully saturated rings. The van der Waals surface area contributed by atoms with Gasteiger partial charge in [0, 0.05) is 12.2 Å². The SMILES string of the molecule is CC(C)c1cn2c(c1N)N(C(C)C)c1ccccc1S2(=O)=O. The summed E-state index contributed by atoms with van der Waals surface area (Å²) in [6, 6.07) is 7.16. The maximum absolute atomic E-state index is 12.9. The number of fused-ring (bicyclic) bond motifs is 2. The lowest BCUT2D eigenvalue weighted by Gasteiger charge is -2.35. The lowest BCUT2D eigenvalue weighted by atomic mass is 10.1. The normalized spacial score (nSPS) is 16.0. The van der Waals surface area contributed by atoms with Gasteiger partial charge in [0.1, 0.15) is 4.90 Å². The fourth-order valence-corrected chi connectivity index (χ4v) is 4.56. The number of nitrogen functional groups attached to an aromatic ring is 1. The summed E-state index contributed by atoms with van der Waals surface area (Å²) in [5.41, 5.74) is 8.39. The highest BCUT2D eigenvalue weighted by Gasteiger charge is 2.37. The smallest absolute Gasteiger partial charge is 0.271 e. The number of nitrogens with zero attached hydrogens (tertiary/aromatic N) is 2. The molecule has 1 aliphatic heterocycles. The monoisotopic (exact) mass is 319 g/mol. The molecule has 0 bridgehead atoms. The van der Waals surface area contributed by atoms with E-state index in [-0.39, 0.29) is 12.0 Å². The first-order chi connectivity index (χ1) is 10.3. The Morgan fingerprint density at radius 1 is 1.09 bits per heavy atom. The summed E-state index contributed by atoms with van der Waals surface area (Å²) < 4.78 is 27.2. The predicted octanol–water partition coefficient (Wildman–Crippen LogP) is 3.29. The molecule has 0 atom stereocenters. The summed E-state index contributed by atoms with van der Waals surface area (Å²) in [5.74, 6) is 0.711. The molecule has 1 aromatic heterocycles. The molecule has 0 saturated heterocycles. The minimum Gasteiger partial charge on any atom is -0.395 e. The summed E-state index contributed by atoms with van der Waals surface area (Å²) >= 11 is 0. The van der Waals surface area contributed by atoms with Crippen LogP contribution in [0.25, 0.3) is 0 Å². The molecule has 0 saturated carbocycles. The highest BCUT2D eigenvalue weighted by Crippen LogP contribution is 2.46. The molecule has 1 aliphatic rings. The topological polar surface area (TPSA) is 68.3 Å². The van der Waals surface area contributed by atoms with Crippen LogP contribution in [-0.2, 0) is 10.0 Å². The van der Waals surface area contributed by atoms with E-state index in [2.05, 4.69) is 0 Å². The van der Waals surface area contributed by atoms with Crippen molar-refractivity contribution in [3.05, 3.63) is 36.0 Å². The number of hydrogen-bond acceptors (Lipinski definition) is 4. The van der Waals surface area contributed by atoms with Crippen molar-refractivity contribution in [1.29, 1.82) is 0 Å². The van der Waals surface area contributed by atoms with Crippen LogP contribution in [0, 0.1) is 0 Å². The number of benzene rings is 1. The second-order valence-corrected chi connectivity index (χ2v) is 7.99. The average molecular weight is 319 g/mol. The van der Waals surface area contributed by atoms with Crippen LogP contribution in [0.15, 0.2) is 35.4 Å². The van der Waals surface area contributed by atoms with E-state index in [4.69, 9.17) is 5.73 Å². The number of aromatic nitrogens is 1. The average Bonchev–Trinajstić information content (AvgIpc) is 2.78. The largest absolute Gasteiger partial charge is 0.395 e. The lowest BCUT2D eigenvalue weighted by molar-refractivity contribution is 0.582. The van der Waals surface area contributed by atoms with Crippen LogP contribution < -0.4 is 10.6 Å². The minimum atomic E-state index is -3.61. The van der Waals surface area contributed by atoms with Gasteiger partial charge in [0.25, 0.3) is 10.0 Å². The van der Waals surface area contributed by atoms with Crippen molar-refractivity contribution in [3.63, 3.8) is 0 Å². The lowest BCUT2D eigenvalue weighted by Crippen LogP contribution is -2.35. The number of rotatable bonds is 2. The number of anilines is 3.